The molecule has 3 unspecified atom stereocenters. The van der Waals surface area contributed by atoms with Crippen LogP contribution in [0.5, 0.6) is 0 Å². The number of likely N-dealkylation sites (tertiary alicyclic amines) is 1. The second-order valence-electron chi connectivity index (χ2n) is 6.10. The van der Waals surface area contributed by atoms with E-state index in [-0.39, 0.29) is 12.0 Å². The highest BCUT2D eigenvalue weighted by molar-refractivity contribution is 5.78. The molecule has 19 heavy (non-hydrogen) atoms. The summed E-state index contributed by atoms with van der Waals surface area (Å²) in [7, 11) is 0. The monoisotopic (exact) mass is 267 g/mol. The summed E-state index contributed by atoms with van der Waals surface area (Å²) in [6.45, 7) is 5.31. The predicted octanol–water partition coefficient (Wildman–Crippen LogP) is -0.0346. The normalized spacial score (nSPS) is 35.3. The zero-order valence-electron chi connectivity index (χ0n) is 11.6. The van der Waals surface area contributed by atoms with E-state index in [1.807, 2.05) is 0 Å². The maximum absolute atomic E-state index is 11.9. The van der Waals surface area contributed by atoms with Gasteiger partial charge in [-0.05, 0) is 38.1 Å². The summed E-state index contributed by atoms with van der Waals surface area (Å²) in [5.41, 5.74) is 0. The molecule has 3 heterocycles. The zero-order chi connectivity index (χ0) is 13.1. The molecule has 0 bridgehead atoms. The second-order valence-corrected chi connectivity index (χ2v) is 6.10. The Hall–Kier alpha value is -0.650. The fourth-order valence-corrected chi connectivity index (χ4v) is 3.56. The molecule has 3 rings (SSSR count). The van der Waals surface area contributed by atoms with Crippen LogP contribution in [0.25, 0.3) is 0 Å². The van der Waals surface area contributed by atoms with Gasteiger partial charge in [0.2, 0.25) is 5.91 Å². The molecule has 5 heteroatoms. The van der Waals surface area contributed by atoms with Gasteiger partial charge in [0.15, 0.2) is 0 Å². The Kier molecular flexibility index (Phi) is 4.35. The Morgan fingerprint density at radius 1 is 1.32 bits per heavy atom. The van der Waals surface area contributed by atoms with Gasteiger partial charge in [-0.3, -0.25) is 9.69 Å². The predicted molar refractivity (Wildman–Crippen MR) is 72.9 cm³/mol. The Bertz CT molecular complexity index is 304. The summed E-state index contributed by atoms with van der Waals surface area (Å²) in [6, 6.07) is 0.611. The second kappa shape index (κ2) is 6.20. The van der Waals surface area contributed by atoms with Gasteiger partial charge in [-0.15, -0.1) is 0 Å². The number of nitrogens with zero attached hydrogens (tertiary/aromatic N) is 1. The van der Waals surface area contributed by atoms with E-state index in [9.17, 15) is 4.79 Å². The molecule has 1 amide bonds. The lowest BCUT2D eigenvalue weighted by molar-refractivity contribution is -0.122. The van der Waals surface area contributed by atoms with Crippen molar-refractivity contribution in [2.45, 2.75) is 37.8 Å². The van der Waals surface area contributed by atoms with Crippen molar-refractivity contribution in [3.63, 3.8) is 0 Å². The van der Waals surface area contributed by atoms with Crippen LogP contribution < -0.4 is 10.6 Å². The number of hydrogen-bond donors (Lipinski definition) is 2. The highest BCUT2D eigenvalue weighted by Crippen LogP contribution is 2.24. The summed E-state index contributed by atoms with van der Waals surface area (Å²) in [6.07, 6.45) is 5.04. The number of ether oxygens (including phenoxy) is 1. The SMILES string of the molecule is O=C(CN1CC2CCCNC2C1)NCC1CCCO1. The van der Waals surface area contributed by atoms with Gasteiger partial charge >= 0.3 is 0 Å². The first-order valence-electron chi connectivity index (χ1n) is 7.65. The van der Waals surface area contributed by atoms with Gasteiger partial charge in [-0.2, -0.15) is 0 Å². The molecular formula is C14H25N3O2. The molecule has 5 nitrogen and oxygen atoms in total. The van der Waals surface area contributed by atoms with E-state index < -0.39 is 0 Å². The third-order valence-electron chi connectivity index (χ3n) is 4.59. The molecule has 3 saturated heterocycles. The number of carbonyl (C=O) groups is 1. The average Bonchev–Trinajstić information content (AvgIpc) is 3.04. The fourth-order valence-electron chi connectivity index (χ4n) is 3.56. The lowest BCUT2D eigenvalue weighted by atomic mass is 9.94. The third-order valence-corrected chi connectivity index (χ3v) is 4.59. The summed E-state index contributed by atoms with van der Waals surface area (Å²) >= 11 is 0. The topological polar surface area (TPSA) is 53.6 Å². The molecule has 3 aliphatic heterocycles. The van der Waals surface area contributed by atoms with Crippen molar-refractivity contribution < 1.29 is 9.53 Å². The Labute approximate surface area is 115 Å². The molecule has 0 spiro atoms. The highest BCUT2D eigenvalue weighted by Gasteiger charge is 2.34. The van der Waals surface area contributed by atoms with Gasteiger partial charge in [0, 0.05) is 32.3 Å². The van der Waals surface area contributed by atoms with Crippen molar-refractivity contribution in [1.29, 1.82) is 0 Å². The van der Waals surface area contributed by atoms with Crippen molar-refractivity contribution in [1.82, 2.24) is 15.5 Å². The number of piperidine rings is 1. The average molecular weight is 267 g/mol. The smallest absolute Gasteiger partial charge is 0.234 e. The number of rotatable bonds is 4. The molecule has 0 aromatic heterocycles. The summed E-state index contributed by atoms with van der Waals surface area (Å²) in [5.74, 6) is 0.897. The quantitative estimate of drug-likeness (QED) is 0.751. The molecule has 0 radical (unpaired) electrons. The molecule has 0 aromatic carbocycles. The fraction of sp³-hybridized carbons (Fsp3) is 0.929. The van der Waals surface area contributed by atoms with Crippen LogP contribution in [-0.4, -0.2) is 62.3 Å². The first-order chi connectivity index (χ1) is 9.31. The van der Waals surface area contributed by atoms with Crippen LogP contribution in [0, 0.1) is 5.92 Å². The van der Waals surface area contributed by atoms with Gasteiger partial charge < -0.3 is 15.4 Å². The number of fused-ring (bicyclic) bond motifs is 1. The van der Waals surface area contributed by atoms with E-state index in [1.165, 1.54) is 12.8 Å². The van der Waals surface area contributed by atoms with E-state index >= 15 is 0 Å². The van der Waals surface area contributed by atoms with Crippen LogP contribution in [0.4, 0.5) is 0 Å². The van der Waals surface area contributed by atoms with Crippen molar-refractivity contribution in [2.75, 3.05) is 39.3 Å². The molecule has 3 aliphatic rings. The Morgan fingerprint density at radius 2 is 2.26 bits per heavy atom. The largest absolute Gasteiger partial charge is 0.376 e. The molecule has 2 N–H and O–H groups in total. The molecule has 108 valence electrons. The lowest BCUT2D eigenvalue weighted by Gasteiger charge is -2.24. The van der Waals surface area contributed by atoms with E-state index in [2.05, 4.69) is 15.5 Å². The minimum Gasteiger partial charge on any atom is -0.376 e. The zero-order valence-corrected chi connectivity index (χ0v) is 11.6. The van der Waals surface area contributed by atoms with E-state index in [0.29, 0.717) is 19.1 Å². The van der Waals surface area contributed by atoms with Crippen LogP contribution in [-0.2, 0) is 9.53 Å². The van der Waals surface area contributed by atoms with Gasteiger partial charge in [0.25, 0.3) is 0 Å². The molecule has 0 aliphatic carbocycles. The van der Waals surface area contributed by atoms with Crippen molar-refractivity contribution in [3.05, 3.63) is 0 Å². The molecule has 3 fully saturated rings. The van der Waals surface area contributed by atoms with Crippen LogP contribution in [0.1, 0.15) is 25.7 Å². The van der Waals surface area contributed by atoms with Gasteiger partial charge in [0.1, 0.15) is 0 Å². The number of amides is 1. The van der Waals surface area contributed by atoms with Gasteiger partial charge in [0.05, 0.1) is 12.6 Å². The maximum Gasteiger partial charge on any atom is 0.234 e. The van der Waals surface area contributed by atoms with Crippen LogP contribution in [0.2, 0.25) is 0 Å². The first-order valence-corrected chi connectivity index (χ1v) is 7.65. The maximum atomic E-state index is 11.9. The molecule has 0 saturated carbocycles. The number of hydrogen-bond acceptors (Lipinski definition) is 4. The molecule has 0 aromatic rings. The van der Waals surface area contributed by atoms with Crippen molar-refractivity contribution >= 4 is 5.91 Å². The lowest BCUT2D eigenvalue weighted by Crippen LogP contribution is -2.42. The minimum absolute atomic E-state index is 0.147. The summed E-state index contributed by atoms with van der Waals surface area (Å²) < 4.78 is 5.51. The third kappa shape index (κ3) is 3.46. The summed E-state index contributed by atoms with van der Waals surface area (Å²) in [5, 5.41) is 6.57. The first kappa shape index (κ1) is 13.3. The van der Waals surface area contributed by atoms with Gasteiger partial charge in [-0.1, -0.05) is 0 Å². The van der Waals surface area contributed by atoms with E-state index in [0.717, 1.165) is 45.0 Å². The van der Waals surface area contributed by atoms with E-state index in [4.69, 9.17) is 4.74 Å². The number of nitrogens with one attached hydrogen (secondary N) is 2. The highest BCUT2D eigenvalue weighted by atomic mass is 16.5. The van der Waals surface area contributed by atoms with Crippen LogP contribution >= 0.6 is 0 Å². The van der Waals surface area contributed by atoms with Crippen molar-refractivity contribution in [3.8, 4) is 0 Å². The standard InChI is InChI=1S/C14H25N3O2/c18-14(16-7-12-4-2-6-19-12)10-17-8-11-3-1-5-15-13(11)9-17/h11-13,15H,1-10H2,(H,16,18). The molecular weight excluding hydrogens is 242 g/mol. The number of carbonyl (C=O) groups excluding carboxylic acids is 1. The summed E-state index contributed by atoms with van der Waals surface area (Å²) in [4.78, 5) is 14.2. The van der Waals surface area contributed by atoms with E-state index in [1.54, 1.807) is 0 Å². The van der Waals surface area contributed by atoms with Crippen LogP contribution in [0.15, 0.2) is 0 Å². The minimum atomic E-state index is 0.147. The Morgan fingerprint density at radius 3 is 3.05 bits per heavy atom. The Balaban J connectivity index is 1.37. The van der Waals surface area contributed by atoms with Crippen molar-refractivity contribution in [2.24, 2.45) is 5.92 Å². The van der Waals surface area contributed by atoms with Crippen LogP contribution in [0.3, 0.4) is 0 Å². The van der Waals surface area contributed by atoms with Gasteiger partial charge in [-0.25, -0.2) is 0 Å². The molecule has 3 atom stereocenters.